The second kappa shape index (κ2) is 8.01. The lowest BCUT2D eigenvalue weighted by atomic mass is 10.1. The first-order valence-corrected chi connectivity index (χ1v) is 8.64. The molecule has 132 valence electrons. The van der Waals surface area contributed by atoms with E-state index in [9.17, 15) is 4.79 Å². The number of rotatable bonds is 6. The van der Waals surface area contributed by atoms with Crippen LogP contribution in [-0.4, -0.2) is 42.1 Å². The molecule has 1 aliphatic heterocycles. The number of aromatic nitrogens is 1. The highest BCUT2D eigenvalue weighted by molar-refractivity contribution is 5.76. The largest absolute Gasteiger partial charge is 0.497 e. The number of methoxy groups -OCH3 is 1. The summed E-state index contributed by atoms with van der Waals surface area (Å²) in [6.07, 6.45) is 3.93. The van der Waals surface area contributed by atoms with Crippen molar-refractivity contribution in [3.8, 4) is 11.6 Å². The number of hydrogen-bond acceptors (Lipinski definition) is 4. The number of carbonyl (C=O) groups is 1. The molecule has 1 aliphatic rings. The maximum Gasteiger partial charge on any atom is 0.223 e. The Kier molecular flexibility index (Phi) is 5.53. The highest BCUT2D eigenvalue weighted by Gasteiger charge is 2.27. The van der Waals surface area contributed by atoms with Crippen molar-refractivity contribution in [1.82, 2.24) is 9.88 Å². The highest BCUT2D eigenvalue weighted by Crippen LogP contribution is 2.18. The molecule has 1 unspecified atom stereocenters. The number of carbonyl (C=O) groups excluding carboxylic acids is 1. The average Bonchev–Trinajstić information content (AvgIpc) is 3.10. The molecular formula is C20H24N2O3. The third-order valence-electron chi connectivity index (χ3n) is 4.46. The first kappa shape index (κ1) is 17.3. The van der Waals surface area contributed by atoms with Crippen molar-refractivity contribution in [3.63, 3.8) is 0 Å². The number of likely N-dealkylation sites (tertiary alicyclic amines) is 1. The van der Waals surface area contributed by atoms with Gasteiger partial charge in [-0.1, -0.05) is 18.2 Å². The number of hydrogen-bond donors (Lipinski definition) is 0. The van der Waals surface area contributed by atoms with E-state index in [2.05, 4.69) is 4.98 Å². The second-order valence-corrected chi connectivity index (χ2v) is 6.39. The maximum atomic E-state index is 12.4. The Hall–Kier alpha value is -2.56. The molecule has 1 atom stereocenters. The van der Waals surface area contributed by atoms with Crippen molar-refractivity contribution in [2.75, 3.05) is 20.2 Å². The van der Waals surface area contributed by atoms with Gasteiger partial charge in [-0.2, -0.15) is 0 Å². The molecular weight excluding hydrogens is 316 g/mol. The van der Waals surface area contributed by atoms with Crippen molar-refractivity contribution < 1.29 is 14.3 Å². The summed E-state index contributed by atoms with van der Waals surface area (Å²) in [5, 5.41) is 0. The summed E-state index contributed by atoms with van der Waals surface area (Å²) in [6, 6.07) is 11.7. The molecule has 1 aromatic heterocycles. The fourth-order valence-electron chi connectivity index (χ4n) is 2.95. The van der Waals surface area contributed by atoms with Crippen molar-refractivity contribution in [2.24, 2.45) is 0 Å². The van der Waals surface area contributed by atoms with E-state index in [-0.39, 0.29) is 12.0 Å². The summed E-state index contributed by atoms with van der Waals surface area (Å²) in [7, 11) is 1.65. The molecule has 0 spiro atoms. The normalized spacial score (nSPS) is 16.7. The number of aryl methyl sites for hydroxylation is 2. The lowest BCUT2D eigenvalue weighted by Crippen LogP contribution is -2.31. The lowest BCUT2D eigenvalue weighted by molar-refractivity contribution is -0.130. The van der Waals surface area contributed by atoms with Crippen molar-refractivity contribution in [2.45, 2.75) is 32.3 Å². The Bertz CT molecular complexity index is 698. The van der Waals surface area contributed by atoms with Gasteiger partial charge >= 0.3 is 0 Å². The maximum absolute atomic E-state index is 12.4. The van der Waals surface area contributed by atoms with E-state index >= 15 is 0 Å². The molecule has 5 heteroatoms. The zero-order chi connectivity index (χ0) is 17.6. The monoisotopic (exact) mass is 340 g/mol. The van der Waals surface area contributed by atoms with Crippen LogP contribution in [0.4, 0.5) is 0 Å². The summed E-state index contributed by atoms with van der Waals surface area (Å²) in [6.45, 7) is 3.38. The minimum absolute atomic E-state index is 0.0279. The lowest BCUT2D eigenvalue weighted by Gasteiger charge is -2.17. The number of pyridine rings is 1. The van der Waals surface area contributed by atoms with E-state index in [1.54, 1.807) is 13.3 Å². The number of ether oxygens (including phenoxy) is 2. The van der Waals surface area contributed by atoms with Gasteiger partial charge in [-0.05, 0) is 36.6 Å². The van der Waals surface area contributed by atoms with Gasteiger partial charge in [0, 0.05) is 31.6 Å². The van der Waals surface area contributed by atoms with Gasteiger partial charge in [0.05, 0.1) is 13.7 Å². The third-order valence-corrected chi connectivity index (χ3v) is 4.46. The fourth-order valence-corrected chi connectivity index (χ4v) is 2.95. The third kappa shape index (κ3) is 4.72. The first-order chi connectivity index (χ1) is 12.1. The Morgan fingerprint density at radius 2 is 2.04 bits per heavy atom. The van der Waals surface area contributed by atoms with E-state index in [1.807, 2.05) is 48.2 Å². The van der Waals surface area contributed by atoms with Gasteiger partial charge < -0.3 is 14.4 Å². The molecule has 2 heterocycles. The van der Waals surface area contributed by atoms with Gasteiger partial charge in [-0.15, -0.1) is 0 Å². The number of nitrogens with zero attached hydrogens (tertiary/aromatic N) is 2. The Labute approximate surface area is 148 Å². The van der Waals surface area contributed by atoms with Gasteiger partial charge in [0.25, 0.3) is 0 Å². The van der Waals surface area contributed by atoms with Gasteiger partial charge in [0.1, 0.15) is 11.9 Å². The number of benzene rings is 1. The summed E-state index contributed by atoms with van der Waals surface area (Å²) in [5.74, 6) is 1.64. The smallest absolute Gasteiger partial charge is 0.223 e. The fraction of sp³-hybridized carbons (Fsp3) is 0.400. The molecule has 1 aromatic carbocycles. The van der Waals surface area contributed by atoms with Crippen LogP contribution in [-0.2, 0) is 11.2 Å². The van der Waals surface area contributed by atoms with Crippen LogP contribution in [0.3, 0.4) is 0 Å². The molecule has 1 fully saturated rings. The predicted octanol–water partition coefficient (Wildman–Crippen LogP) is 3.01. The predicted molar refractivity (Wildman–Crippen MR) is 95.9 cm³/mol. The van der Waals surface area contributed by atoms with Gasteiger partial charge in [0.15, 0.2) is 0 Å². The molecule has 0 bridgehead atoms. The standard InChI is InChI=1S/C20H24N2O3/c1-15-3-9-19(21-13-15)25-18-11-12-22(14-18)20(23)10-6-16-4-7-17(24-2)8-5-16/h3-5,7-9,13,18H,6,10-12,14H2,1-2H3. The SMILES string of the molecule is COc1ccc(CCC(=O)N2CCC(Oc3ccc(C)cn3)C2)cc1. The van der Waals surface area contributed by atoms with Crippen LogP contribution in [0, 0.1) is 6.92 Å². The molecule has 1 saturated heterocycles. The topological polar surface area (TPSA) is 51.7 Å². The van der Waals surface area contributed by atoms with E-state index in [4.69, 9.17) is 9.47 Å². The summed E-state index contributed by atoms with van der Waals surface area (Å²) < 4.78 is 11.0. The van der Waals surface area contributed by atoms with Crippen LogP contribution in [0.25, 0.3) is 0 Å². The Morgan fingerprint density at radius 1 is 1.24 bits per heavy atom. The minimum atomic E-state index is 0.0279. The van der Waals surface area contributed by atoms with Crippen LogP contribution >= 0.6 is 0 Å². The number of amides is 1. The van der Waals surface area contributed by atoms with Crippen molar-refractivity contribution in [1.29, 1.82) is 0 Å². The van der Waals surface area contributed by atoms with Gasteiger partial charge in [-0.25, -0.2) is 4.98 Å². The molecule has 1 amide bonds. The average molecular weight is 340 g/mol. The van der Waals surface area contributed by atoms with Crippen molar-refractivity contribution in [3.05, 3.63) is 53.7 Å². The van der Waals surface area contributed by atoms with Crippen LogP contribution in [0.5, 0.6) is 11.6 Å². The van der Waals surface area contributed by atoms with E-state index in [0.717, 1.165) is 36.3 Å². The highest BCUT2D eigenvalue weighted by atomic mass is 16.5. The summed E-state index contributed by atoms with van der Waals surface area (Å²) in [4.78, 5) is 18.6. The quantitative estimate of drug-likeness (QED) is 0.811. The Morgan fingerprint density at radius 3 is 2.72 bits per heavy atom. The molecule has 0 radical (unpaired) electrons. The molecule has 0 aliphatic carbocycles. The van der Waals surface area contributed by atoms with Crippen LogP contribution in [0.15, 0.2) is 42.6 Å². The molecule has 3 rings (SSSR count). The van der Waals surface area contributed by atoms with Crippen molar-refractivity contribution >= 4 is 5.91 Å². The molecule has 0 saturated carbocycles. The molecule has 0 N–H and O–H groups in total. The van der Waals surface area contributed by atoms with Crippen LogP contribution in [0.1, 0.15) is 24.0 Å². The van der Waals surface area contributed by atoms with E-state index in [1.165, 1.54) is 0 Å². The van der Waals surface area contributed by atoms with Crippen LogP contribution < -0.4 is 9.47 Å². The Balaban J connectivity index is 1.46. The molecule has 2 aromatic rings. The van der Waals surface area contributed by atoms with E-state index in [0.29, 0.717) is 18.8 Å². The second-order valence-electron chi connectivity index (χ2n) is 6.39. The first-order valence-electron chi connectivity index (χ1n) is 8.64. The summed E-state index contributed by atoms with van der Waals surface area (Å²) >= 11 is 0. The molecule has 5 nitrogen and oxygen atoms in total. The van der Waals surface area contributed by atoms with E-state index < -0.39 is 0 Å². The van der Waals surface area contributed by atoms with Gasteiger partial charge in [0.2, 0.25) is 11.8 Å². The molecule has 25 heavy (non-hydrogen) atoms. The zero-order valence-electron chi connectivity index (χ0n) is 14.8. The van der Waals surface area contributed by atoms with Crippen LogP contribution in [0.2, 0.25) is 0 Å². The van der Waals surface area contributed by atoms with Gasteiger partial charge in [-0.3, -0.25) is 4.79 Å². The summed E-state index contributed by atoms with van der Waals surface area (Å²) in [5.41, 5.74) is 2.25. The zero-order valence-corrected chi connectivity index (χ0v) is 14.8. The minimum Gasteiger partial charge on any atom is -0.497 e.